The van der Waals surface area contributed by atoms with Gasteiger partial charge < -0.3 is 9.57 Å². The lowest BCUT2D eigenvalue weighted by Crippen LogP contribution is -2.26. The molecule has 6 heteroatoms. The minimum atomic E-state index is -0.480. The van der Waals surface area contributed by atoms with Gasteiger partial charge in [-0.1, -0.05) is 23.8 Å². The van der Waals surface area contributed by atoms with E-state index >= 15 is 0 Å². The van der Waals surface area contributed by atoms with Gasteiger partial charge in [0.1, 0.15) is 11.3 Å². The molecule has 2 rings (SSSR count). The number of nitrogens with one attached hydrogen (secondary N) is 1. The van der Waals surface area contributed by atoms with Crippen LogP contribution in [0, 0.1) is 6.92 Å². The van der Waals surface area contributed by atoms with Crippen molar-refractivity contribution in [1.82, 2.24) is 10.6 Å². The summed E-state index contributed by atoms with van der Waals surface area (Å²) in [7, 11) is 0. The van der Waals surface area contributed by atoms with Gasteiger partial charge in [0.2, 0.25) is 0 Å². The molecule has 0 unspecified atom stereocenters. The summed E-state index contributed by atoms with van der Waals surface area (Å²) in [6.07, 6.45) is 0.104. The Hall–Kier alpha value is -2.18. The molecule has 1 aromatic heterocycles. The van der Waals surface area contributed by atoms with Crippen LogP contribution in [0.3, 0.4) is 0 Å². The highest BCUT2D eigenvalue weighted by Crippen LogP contribution is 2.23. The lowest BCUT2D eigenvalue weighted by molar-refractivity contribution is -0.151. The number of nitrogens with zero attached hydrogens (tertiary/aromatic N) is 1. The molecule has 0 saturated carbocycles. The summed E-state index contributed by atoms with van der Waals surface area (Å²) in [6.45, 7) is 2.12. The van der Waals surface area contributed by atoms with E-state index in [4.69, 9.17) is 10.6 Å². The Morgan fingerprint density at radius 3 is 3.00 bits per heavy atom. The Kier molecular flexibility index (Phi) is 4.27. The van der Waals surface area contributed by atoms with Crippen molar-refractivity contribution < 1.29 is 14.4 Å². The largest absolute Gasteiger partial charge is 0.491 e. The molecule has 2 aromatic rings. The van der Waals surface area contributed by atoms with Gasteiger partial charge in [-0.05, 0) is 19.1 Å². The van der Waals surface area contributed by atoms with Crippen molar-refractivity contribution in [2.24, 2.45) is 5.84 Å². The van der Waals surface area contributed by atoms with Crippen LogP contribution in [0.4, 0.5) is 0 Å². The fourth-order valence-electron chi connectivity index (χ4n) is 1.69. The normalized spacial score (nSPS) is 10.4. The van der Waals surface area contributed by atoms with Crippen molar-refractivity contribution in [3.63, 3.8) is 0 Å². The van der Waals surface area contributed by atoms with E-state index in [9.17, 15) is 4.79 Å². The molecule has 0 saturated heterocycles. The Balaban J connectivity index is 2.08. The predicted molar refractivity (Wildman–Crippen MR) is 70.0 cm³/mol. The average Bonchev–Trinajstić information content (AvgIpc) is 2.39. The highest BCUT2D eigenvalue weighted by atomic mass is 16.7. The third-order valence-corrected chi connectivity index (χ3v) is 2.56. The van der Waals surface area contributed by atoms with E-state index in [0.29, 0.717) is 5.75 Å². The number of aryl methyl sites for hydroxylation is 1. The summed E-state index contributed by atoms with van der Waals surface area (Å²) in [4.78, 5) is 19.9. The van der Waals surface area contributed by atoms with E-state index in [1.54, 1.807) is 0 Å². The summed E-state index contributed by atoms with van der Waals surface area (Å²) >= 11 is 0. The first-order valence-electron chi connectivity index (χ1n) is 5.85. The standard InChI is InChI=1S/C13H15N3O3/c1-9-5-6-10-3-2-4-11(13(10)15-9)18-8-7-12(17)19-16-14/h2-6,16H,7-8,14H2,1H3. The van der Waals surface area contributed by atoms with Crippen LogP contribution in [-0.2, 0) is 9.63 Å². The molecule has 1 heterocycles. The Bertz CT molecular complexity index is 586. The second kappa shape index (κ2) is 6.12. The molecule has 0 aliphatic rings. The predicted octanol–water partition coefficient (Wildman–Crippen LogP) is 1.23. The highest BCUT2D eigenvalue weighted by molar-refractivity contribution is 5.84. The van der Waals surface area contributed by atoms with Gasteiger partial charge in [-0.2, -0.15) is 0 Å². The molecule has 0 fully saturated rings. The number of para-hydroxylation sites is 1. The number of carbonyl (C=O) groups excluding carboxylic acids is 1. The van der Waals surface area contributed by atoms with Gasteiger partial charge >= 0.3 is 5.97 Å². The number of hydrazine groups is 1. The van der Waals surface area contributed by atoms with Gasteiger partial charge in [0.25, 0.3) is 0 Å². The zero-order valence-electron chi connectivity index (χ0n) is 10.6. The summed E-state index contributed by atoms with van der Waals surface area (Å²) in [5, 5.41) is 0.995. The van der Waals surface area contributed by atoms with E-state index in [1.165, 1.54) is 0 Å². The van der Waals surface area contributed by atoms with E-state index in [-0.39, 0.29) is 13.0 Å². The van der Waals surface area contributed by atoms with E-state index in [2.05, 4.69) is 9.82 Å². The van der Waals surface area contributed by atoms with E-state index in [0.717, 1.165) is 16.6 Å². The van der Waals surface area contributed by atoms with Gasteiger partial charge in [0.05, 0.1) is 13.0 Å². The third kappa shape index (κ3) is 3.40. The molecular formula is C13H15N3O3. The fourth-order valence-corrected chi connectivity index (χ4v) is 1.69. The molecule has 0 bridgehead atoms. The minimum absolute atomic E-state index is 0.104. The Labute approximate surface area is 110 Å². The van der Waals surface area contributed by atoms with Gasteiger partial charge in [0.15, 0.2) is 0 Å². The molecule has 3 N–H and O–H groups in total. The molecule has 0 aliphatic heterocycles. The van der Waals surface area contributed by atoms with Gasteiger partial charge in [-0.15, -0.1) is 0 Å². The molecule has 0 amide bonds. The van der Waals surface area contributed by atoms with Crippen LogP contribution >= 0.6 is 0 Å². The zero-order valence-corrected chi connectivity index (χ0v) is 10.6. The second-order valence-electron chi connectivity index (χ2n) is 3.97. The number of hydrogen-bond acceptors (Lipinski definition) is 6. The van der Waals surface area contributed by atoms with Crippen molar-refractivity contribution in [1.29, 1.82) is 0 Å². The lowest BCUT2D eigenvalue weighted by atomic mass is 10.2. The summed E-state index contributed by atoms with van der Waals surface area (Å²) in [5.74, 6) is 5.03. The SMILES string of the molecule is Cc1ccc2cccc(OCCC(=O)ONN)c2n1. The molecule has 100 valence electrons. The van der Waals surface area contributed by atoms with Crippen LogP contribution in [0.25, 0.3) is 10.9 Å². The van der Waals surface area contributed by atoms with Crippen LogP contribution in [-0.4, -0.2) is 17.6 Å². The highest BCUT2D eigenvalue weighted by Gasteiger charge is 2.06. The third-order valence-electron chi connectivity index (χ3n) is 2.56. The minimum Gasteiger partial charge on any atom is -0.491 e. The maximum absolute atomic E-state index is 11.1. The van der Waals surface area contributed by atoms with Crippen LogP contribution in [0.15, 0.2) is 30.3 Å². The number of rotatable bonds is 5. The van der Waals surface area contributed by atoms with Gasteiger partial charge in [-0.3, -0.25) is 4.79 Å². The molecule has 1 aromatic carbocycles. The van der Waals surface area contributed by atoms with E-state index in [1.807, 2.05) is 42.8 Å². The number of nitrogens with two attached hydrogens (primary N) is 1. The number of benzene rings is 1. The fraction of sp³-hybridized carbons (Fsp3) is 0.231. The van der Waals surface area contributed by atoms with Crippen LogP contribution in [0.1, 0.15) is 12.1 Å². The van der Waals surface area contributed by atoms with Crippen molar-refractivity contribution >= 4 is 16.9 Å². The molecular weight excluding hydrogens is 246 g/mol. The molecule has 0 atom stereocenters. The number of hydrogen-bond donors (Lipinski definition) is 2. The van der Waals surface area contributed by atoms with Crippen molar-refractivity contribution in [3.05, 3.63) is 36.0 Å². The average molecular weight is 261 g/mol. The maximum atomic E-state index is 11.1. The quantitative estimate of drug-likeness (QED) is 0.622. The maximum Gasteiger partial charge on any atom is 0.329 e. The number of ether oxygens (including phenoxy) is 1. The van der Waals surface area contributed by atoms with Crippen LogP contribution in [0.5, 0.6) is 5.75 Å². The first kappa shape index (κ1) is 13.3. The summed E-state index contributed by atoms with van der Waals surface area (Å²) < 4.78 is 5.56. The molecule has 0 aliphatic carbocycles. The lowest BCUT2D eigenvalue weighted by Gasteiger charge is -2.08. The van der Waals surface area contributed by atoms with Crippen molar-refractivity contribution in [2.45, 2.75) is 13.3 Å². The summed E-state index contributed by atoms with van der Waals surface area (Å²) in [6, 6.07) is 9.59. The molecule has 0 radical (unpaired) electrons. The van der Waals surface area contributed by atoms with Crippen LogP contribution < -0.4 is 16.2 Å². The summed E-state index contributed by atoms with van der Waals surface area (Å²) in [5.41, 5.74) is 3.53. The Morgan fingerprint density at radius 2 is 2.21 bits per heavy atom. The van der Waals surface area contributed by atoms with Crippen molar-refractivity contribution in [3.8, 4) is 5.75 Å². The number of aromatic nitrogens is 1. The first-order valence-corrected chi connectivity index (χ1v) is 5.85. The monoisotopic (exact) mass is 261 g/mol. The van der Waals surface area contributed by atoms with Crippen molar-refractivity contribution in [2.75, 3.05) is 6.61 Å². The smallest absolute Gasteiger partial charge is 0.329 e. The first-order chi connectivity index (χ1) is 9.20. The zero-order chi connectivity index (χ0) is 13.7. The molecule has 6 nitrogen and oxygen atoms in total. The van der Waals surface area contributed by atoms with Gasteiger partial charge in [0, 0.05) is 11.1 Å². The number of fused-ring (bicyclic) bond motifs is 1. The molecule has 19 heavy (non-hydrogen) atoms. The molecule has 0 spiro atoms. The number of carbonyl (C=O) groups is 1. The number of pyridine rings is 1. The Morgan fingerprint density at radius 1 is 1.37 bits per heavy atom. The second-order valence-corrected chi connectivity index (χ2v) is 3.97. The van der Waals surface area contributed by atoms with Gasteiger partial charge in [-0.25, -0.2) is 10.8 Å². The topological polar surface area (TPSA) is 86.5 Å². The van der Waals surface area contributed by atoms with Crippen LogP contribution in [0.2, 0.25) is 0 Å². The van der Waals surface area contributed by atoms with E-state index < -0.39 is 5.97 Å².